The molecule has 9 nitrogen and oxygen atoms in total. The smallest absolute Gasteiger partial charge is 0.407 e. The lowest BCUT2D eigenvalue weighted by molar-refractivity contribution is -0.144. The predicted octanol–water partition coefficient (Wildman–Crippen LogP) is 4.01. The summed E-state index contributed by atoms with van der Waals surface area (Å²) in [4.78, 5) is 43.6. The number of halogens is 3. The molecule has 2 saturated carbocycles. The quantitative estimate of drug-likeness (QED) is 0.213. The van der Waals surface area contributed by atoms with Gasteiger partial charge in [-0.05, 0) is 46.6 Å². The molecular weight excluding hydrogens is 519 g/mol. The van der Waals surface area contributed by atoms with Gasteiger partial charge in [-0.25, -0.2) is 18.0 Å². The van der Waals surface area contributed by atoms with Crippen molar-refractivity contribution in [2.24, 2.45) is 16.3 Å². The summed E-state index contributed by atoms with van der Waals surface area (Å²) in [5.41, 5.74) is -1.92. The van der Waals surface area contributed by atoms with Crippen molar-refractivity contribution >= 4 is 29.7 Å². The highest BCUT2D eigenvalue weighted by Crippen LogP contribution is 2.55. The summed E-state index contributed by atoms with van der Waals surface area (Å²) >= 11 is 0. The number of amides is 1. The first-order chi connectivity index (χ1) is 18.3. The van der Waals surface area contributed by atoms with Crippen molar-refractivity contribution < 1.29 is 41.8 Å². The van der Waals surface area contributed by atoms with E-state index in [-0.39, 0.29) is 36.7 Å². The van der Waals surface area contributed by atoms with E-state index in [4.69, 9.17) is 14.2 Å². The molecule has 1 aromatic rings. The third-order valence-corrected chi connectivity index (χ3v) is 7.10. The summed E-state index contributed by atoms with van der Waals surface area (Å²) < 4.78 is 60.1. The Morgan fingerprint density at radius 1 is 1.28 bits per heavy atom. The van der Waals surface area contributed by atoms with Gasteiger partial charge in [0.25, 0.3) is 0 Å². The number of ketones is 1. The second kappa shape index (κ2) is 10.7. The van der Waals surface area contributed by atoms with Crippen LogP contribution in [-0.4, -0.2) is 74.7 Å². The van der Waals surface area contributed by atoms with E-state index in [1.165, 1.54) is 6.92 Å². The minimum atomic E-state index is -1.67. The number of carbonyl (C=O) groups excluding carboxylic acids is 3. The largest absolute Gasteiger partial charge is 0.491 e. The maximum Gasteiger partial charge on any atom is 0.407 e. The zero-order chi connectivity index (χ0) is 28.7. The van der Waals surface area contributed by atoms with Crippen molar-refractivity contribution in [2.45, 2.75) is 70.8 Å². The molecule has 3 fully saturated rings. The van der Waals surface area contributed by atoms with Crippen LogP contribution in [0.15, 0.2) is 11.1 Å². The van der Waals surface area contributed by atoms with E-state index in [0.717, 1.165) is 32.2 Å². The number of esters is 1. The van der Waals surface area contributed by atoms with Crippen LogP contribution >= 0.6 is 0 Å². The number of nitrogens with zero attached hydrogens (tertiary/aromatic N) is 2. The van der Waals surface area contributed by atoms with Gasteiger partial charge in [-0.1, -0.05) is 0 Å². The first-order valence-corrected chi connectivity index (χ1v) is 13.0. The Labute approximate surface area is 225 Å². The van der Waals surface area contributed by atoms with Crippen LogP contribution in [0.5, 0.6) is 5.75 Å². The van der Waals surface area contributed by atoms with Gasteiger partial charge < -0.3 is 24.4 Å². The fourth-order valence-corrected chi connectivity index (χ4v) is 4.85. The Bertz CT molecular complexity index is 1180. The SMILES string of the molecule is CCOC(=O)C(C=N[C@@H]1C[C@@H]1F)C(=O)c1cc(F)c(N2C[C@@H](NC(=O)OC(C)(C)C)C3(CC3)C2)c(OC)c1F. The number of aliphatic imine (C=N–C) groups is 1. The van der Waals surface area contributed by atoms with Crippen LogP contribution < -0.4 is 15.0 Å². The second-order valence-corrected chi connectivity index (χ2v) is 11.3. The van der Waals surface area contributed by atoms with Gasteiger partial charge in [0.05, 0.1) is 31.4 Å². The Kier molecular flexibility index (Phi) is 7.86. The number of alkyl halides is 1. The van der Waals surface area contributed by atoms with Gasteiger partial charge in [0.1, 0.15) is 17.5 Å². The summed E-state index contributed by atoms with van der Waals surface area (Å²) in [6.07, 6.45) is 0.899. The molecule has 1 saturated heterocycles. The van der Waals surface area contributed by atoms with Gasteiger partial charge >= 0.3 is 12.1 Å². The molecule has 0 aromatic heterocycles. The molecule has 214 valence electrons. The number of ether oxygens (including phenoxy) is 3. The van der Waals surface area contributed by atoms with Gasteiger partial charge in [-0.2, -0.15) is 0 Å². The maximum atomic E-state index is 15.7. The number of anilines is 1. The van der Waals surface area contributed by atoms with E-state index in [2.05, 4.69) is 10.3 Å². The first-order valence-electron chi connectivity index (χ1n) is 13.0. The number of benzene rings is 1. The van der Waals surface area contributed by atoms with E-state index in [0.29, 0.717) is 6.54 Å². The summed E-state index contributed by atoms with van der Waals surface area (Å²) in [5, 5.41) is 2.85. The first kappa shape index (κ1) is 28.7. The van der Waals surface area contributed by atoms with E-state index in [1.807, 2.05) is 0 Å². The van der Waals surface area contributed by atoms with Gasteiger partial charge in [-0.15, -0.1) is 0 Å². The standard InChI is InChI=1S/C27H34F3N3O6/c1-6-38-24(35)15(11-31-18-10-16(18)28)22(34)14-9-17(29)21(23(37-5)20(14)30)33-12-19(27(13-33)7-8-27)32-25(36)39-26(2,3)4/h9,11,15-16,18-19H,6-8,10,12-13H2,1-5H3,(H,32,36)/t15?,16-,18+,19+/m0/s1. The maximum absolute atomic E-state index is 15.7. The molecule has 3 aliphatic rings. The zero-order valence-corrected chi connectivity index (χ0v) is 22.7. The van der Waals surface area contributed by atoms with Crippen molar-refractivity contribution in [2.75, 3.05) is 31.7 Å². The molecule has 1 heterocycles. The normalized spacial score (nSPS) is 24.0. The van der Waals surface area contributed by atoms with Crippen LogP contribution in [-0.2, 0) is 14.3 Å². The molecule has 39 heavy (non-hydrogen) atoms. The highest BCUT2D eigenvalue weighted by atomic mass is 19.1. The number of nitrogens with one attached hydrogen (secondary N) is 1. The van der Waals surface area contributed by atoms with Crippen molar-refractivity contribution in [3.8, 4) is 5.75 Å². The Morgan fingerprint density at radius 2 is 1.95 bits per heavy atom. The molecule has 0 bridgehead atoms. The van der Waals surface area contributed by atoms with Crippen molar-refractivity contribution in [1.82, 2.24) is 5.32 Å². The minimum absolute atomic E-state index is 0.0556. The molecule has 1 unspecified atom stereocenters. The topological polar surface area (TPSA) is 107 Å². The highest BCUT2D eigenvalue weighted by molar-refractivity contribution is 6.18. The molecule has 1 spiro atoms. The molecular formula is C27H34F3N3O6. The lowest BCUT2D eigenvalue weighted by Crippen LogP contribution is -2.44. The van der Waals surface area contributed by atoms with Crippen LogP contribution in [0.4, 0.5) is 23.7 Å². The third kappa shape index (κ3) is 6.14. The number of methoxy groups -OCH3 is 1. The monoisotopic (exact) mass is 553 g/mol. The van der Waals surface area contributed by atoms with Gasteiger partial charge in [0.2, 0.25) is 0 Å². The number of carbonyl (C=O) groups is 3. The van der Waals surface area contributed by atoms with Crippen LogP contribution in [0.2, 0.25) is 0 Å². The van der Waals surface area contributed by atoms with Gasteiger partial charge in [-0.3, -0.25) is 14.6 Å². The Hall–Kier alpha value is -3.31. The highest BCUT2D eigenvalue weighted by Gasteiger charge is 2.56. The predicted molar refractivity (Wildman–Crippen MR) is 136 cm³/mol. The molecule has 1 aliphatic heterocycles. The van der Waals surface area contributed by atoms with E-state index in [1.54, 1.807) is 25.7 Å². The molecule has 4 atom stereocenters. The van der Waals surface area contributed by atoms with Gasteiger partial charge in [0.15, 0.2) is 29.1 Å². The number of alkyl carbamates (subject to hydrolysis) is 1. The lowest BCUT2D eigenvalue weighted by Gasteiger charge is -2.24. The van der Waals surface area contributed by atoms with Crippen molar-refractivity contribution in [3.05, 3.63) is 23.3 Å². The van der Waals surface area contributed by atoms with Crippen LogP contribution in [0.3, 0.4) is 0 Å². The number of hydrogen-bond donors (Lipinski definition) is 1. The van der Waals surface area contributed by atoms with Crippen LogP contribution in [0.25, 0.3) is 0 Å². The molecule has 4 rings (SSSR count). The van der Waals surface area contributed by atoms with Crippen molar-refractivity contribution in [1.29, 1.82) is 0 Å². The fraction of sp³-hybridized carbons (Fsp3) is 0.630. The van der Waals surface area contributed by atoms with E-state index < -0.39 is 64.5 Å². The molecule has 1 amide bonds. The zero-order valence-electron chi connectivity index (χ0n) is 22.7. The summed E-state index contributed by atoms with van der Waals surface area (Å²) in [5.74, 6) is -6.35. The molecule has 2 aliphatic carbocycles. The Morgan fingerprint density at radius 3 is 2.49 bits per heavy atom. The summed E-state index contributed by atoms with van der Waals surface area (Å²) in [6.45, 7) is 7.21. The molecule has 1 aromatic carbocycles. The lowest BCUT2D eigenvalue weighted by atomic mass is 9.97. The summed E-state index contributed by atoms with van der Waals surface area (Å²) in [7, 11) is 1.15. The molecule has 0 radical (unpaired) electrons. The average Bonchev–Trinajstić information content (AvgIpc) is 3.73. The van der Waals surface area contributed by atoms with E-state index >= 15 is 8.78 Å². The average molecular weight is 554 g/mol. The minimum Gasteiger partial charge on any atom is -0.491 e. The van der Waals surface area contributed by atoms with E-state index in [9.17, 15) is 18.8 Å². The van der Waals surface area contributed by atoms with Crippen LogP contribution in [0.1, 0.15) is 57.3 Å². The second-order valence-electron chi connectivity index (χ2n) is 11.3. The number of Topliss-reactive ketones (excluding diaryl/α,β-unsaturated/α-hetero) is 1. The summed E-state index contributed by atoms with van der Waals surface area (Å²) in [6, 6.07) is -0.328. The molecule has 12 heteroatoms. The van der Waals surface area contributed by atoms with Gasteiger partial charge in [0, 0.05) is 31.1 Å². The van der Waals surface area contributed by atoms with Crippen LogP contribution in [0, 0.1) is 23.0 Å². The number of rotatable bonds is 9. The Balaban J connectivity index is 1.61. The third-order valence-electron chi connectivity index (χ3n) is 7.10. The fourth-order valence-electron chi connectivity index (χ4n) is 4.85. The number of hydrogen-bond acceptors (Lipinski definition) is 8. The molecule has 1 N–H and O–H groups in total. The van der Waals surface area contributed by atoms with Crippen molar-refractivity contribution in [3.63, 3.8) is 0 Å².